The molecule has 124 valence electrons. The van der Waals surface area contributed by atoms with Gasteiger partial charge < -0.3 is 19.4 Å². The van der Waals surface area contributed by atoms with Gasteiger partial charge in [-0.3, -0.25) is 4.79 Å². The van der Waals surface area contributed by atoms with Gasteiger partial charge in [0.05, 0.1) is 11.3 Å². The first kappa shape index (κ1) is 14.6. The molecule has 0 fully saturated rings. The lowest BCUT2D eigenvalue weighted by Crippen LogP contribution is -2.28. The van der Waals surface area contributed by atoms with Crippen LogP contribution in [0.2, 0.25) is 0 Å². The zero-order valence-corrected chi connectivity index (χ0v) is 13.4. The van der Waals surface area contributed by atoms with Gasteiger partial charge in [0, 0.05) is 31.5 Å². The molecule has 4 rings (SSSR count). The monoisotopic (exact) mass is 326 g/mol. The smallest absolute Gasteiger partial charge is 0.255 e. The third-order valence-corrected chi connectivity index (χ3v) is 3.97. The van der Waals surface area contributed by atoms with Crippen molar-refractivity contribution in [3.05, 3.63) is 47.9 Å². The number of rotatable bonds is 4. The molecule has 0 spiro atoms. The molecule has 3 aromatic rings. The predicted molar refractivity (Wildman–Crippen MR) is 87.7 cm³/mol. The number of aromatic nitrogens is 3. The Hall–Kier alpha value is -2.96. The maximum absolute atomic E-state index is 12.4. The Kier molecular flexibility index (Phi) is 3.60. The van der Waals surface area contributed by atoms with Crippen molar-refractivity contribution >= 4 is 11.6 Å². The van der Waals surface area contributed by atoms with Gasteiger partial charge in [-0.2, -0.15) is 5.10 Å². The molecule has 1 aliphatic rings. The van der Waals surface area contributed by atoms with Crippen LogP contribution in [0.25, 0.3) is 5.65 Å². The quantitative estimate of drug-likeness (QED) is 0.791. The first-order chi connectivity index (χ1) is 11.7. The Morgan fingerprint density at radius 1 is 1.29 bits per heavy atom. The van der Waals surface area contributed by atoms with E-state index >= 15 is 0 Å². The molecule has 7 heteroatoms. The van der Waals surface area contributed by atoms with Crippen LogP contribution in [0.3, 0.4) is 0 Å². The highest BCUT2D eigenvalue weighted by Crippen LogP contribution is 2.33. The molecule has 1 aromatic carbocycles. The third kappa shape index (κ3) is 2.58. The van der Waals surface area contributed by atoms with Gasteiger partial charge in [0.2, 0.25) is 0 Å². The van der Waals surface area contributed by atoms with Crippen LogP contribution in [0.15, 0.2) is 36.7 Å². The van der Waals surface area contributed by atoms with Crippen molar-refractivity contribution in [2.75, 3.05) is 19.8 Å². The fourth-order valence-electron chi connectivity index (χ4n) is 2.87. The molecule has 24 heavy (non-hydrogen) atoms. The Bertz CT molecular complexity index is 897. The zero-order chi connectivity index (χ0) is 16.5. The summed E-state index contributed by atoms with van der Waals surface area (Å²) in [5, 5.41) is 7.28. The molecule has 0 atom stereocenters. The highest BCUT2D eigenvalue weighted by molar-refractivity contribution is 5.97. The van der Waals surface area contributed by atoms with Gasteiger partial charge in [-0.15, -0.1) is 0 Å². The molecule has 7 nitrogen and oxygen atoms in total. The number of amides is 1. The van der Waals surface area contributed by atoms with E-state index in [1.165, 1.54) is 0 Å². The molecule has 0 saturated heterocycles. The van der Waals surface area contributed by atoms with Gasteiger partial charge in [0.1, 0.15) is 18.9 Å². The molecule has 1 aliphatic heterocycles. The van der Waals surface area contributed by atoms with E-state index < -0.39 is 0 Å². The van der Waals surface area contributed by atoms with Crippen LogP contribution >= 0.6 is 0 Å². The molecule has 0 saturated carbocycles. The minimum Gasteiger partial charge on any atom is -0.486 e. The number of aryl methyl sites for hydroxylation is 1. The maximum atomic E-state index is 12.4. The van der Waals surface area contributed by atoms with E-state index in [0.717, 1.165) is 11.3 Å². The van der Waals surface area contributed by atoms with Gasteiger partial charge >= 0.3 is 0 Å². The van der Waals surface area contributed by atoms with E-state index in [1.807, 2.05) is 36.0 Å². The Balaban J connectivity index is 1.44. The summed E-state index contributed by atoms with van der Waals surface area (Å²) in [5.41, 5.74) is 2.48. The summed E-state index contributed by atoms with van der Waals surface area (Å²) in [6.45, 7) is 4.10. The van der Waals surface area contributed by atoms with Crippen molar-refractivity contribution in [2.45, 2.75) is 13.5 Å². The summed E-state index contributed by atoms with van der Waals surface area (Å²) >= 11 is 0. The number of nitrogens with one attached hydrogen (secondary N) is 1. The number of fused-ring (bicyclic) bond motifs is 2. The fourth-order valence-corrected chi connectivity index (χ4v) is 2.87. The summed E-state index contributed by atoms with van der Waals surface area (Å²) in [6, 6.07) is 7.37. The molecule has 3 heterocycles. The number of hydrogen-bond donors (Lipinski definition) is 1. The van der Waals surface area contributed by atoms with Crippen LogP contribution in [-0.4, -0.2) is 39.8 Å². The SMILES string of the molecule is Cc1cc2n(CCNC(=O)c3cccc4c3OCCO4)ccn2n1. The van der Waals surface area contributed by atoms with Gasteiger partial charge in [-0.05, 0) is 19.1 Å². The molecule has 1 amide bonds. The second-order valence-corrected chi connectivity index (χ2v) is 5.67. The molecule has 0 bridgehead atoms. The Morgan fingerprint density at radius 2 is 2.17 bits per heavy atom. The van der Waals surface area contributed by atoms with Crippen LogP contribution in [0.4, 0.5) is 0 Å². The van der Waals surface area contributed by atoms with Gasteiger partial charge in [-0.25, -0.2) is 4.52 Å². The van der Waals surface area contributed by atoms with E-state index in [1.54, 1.807) is 12.1 Å². The van der Waals surface area contributed by atoms with Gasteiger partial charge in [-0.1, -0.05) is 6.07 Å². The largest absolute Gasteiger partial charge is 0.486 e. The predicted octanol–water partition coefficient (Wildman–Crippen LogP) is 1.65. The fraction of sp³-hybridized carbons (Fsp3) is 0.294. The molecule has 0 aliphatic carbocycles. The van der Waals surface area contributed by atoms with Crippen LogP contribution in [0.5, 0.6) is 11.5 Å². The number of nitrogens with zero attached hydrogens (tertiary/aromatic N) is 3. The first-order valence-electron chi connectivity index (χ1n) is 7.90. The molecule has 0 unspecified atom stereocenters. The minimum absolute atomic E-state index is 0.162. The number of hydrogen-bond acceptors (Lipinski definition) is 4. The van der Waals surface area contributed by atoms with E-state index in [4.69, 9.17) is 9.47 Å². The second-order valence-electron chi connectivity index (χ2n) is 5.67. The average molecular weight is 326 g/mol. The van der Waals surface area contributed by atoms with Crippen molar-refractivity contribution in [1.29, 1.82) is 0 Å². The topological polar surface area (TPSA) is 69.8 Å². The van der Waals surface area contributed by atoms with Crippen molar-refractivity contribution in [1.82, 2.24) is 19.5 Å². The summed E-state index contributed by atoms with van der Waals surface area (Å²) < 4.78 is 15.0. The van der Waals surface area contributed by atoms with E-state index in [0.29, 0.717) is 43.4 Å². The number of benzene rings is 1. The maximum Gasteiger partial charge on any atom is 0.255 e. The molecule has 0 radical (unpaired) electrons. The molecular weight excluding hydrogens is 308 g/mol. The van der Waals surface area contributed by atoms with Crippen molar-refractivity contribution < 1.29 is 14.3 Å². The Labute approximate surface area is 138 Å². The minimum atomic E-state index is -0.162. The second kappa shape index (κ2) is 5.92. The summed E-state index contributed by atoms with van der Waals surface area (Å²) in [7, 11) is 0. The lowest BCUT2D eigenvalue weighted by molar-refractivity contribution is 0.0941. The van der Waals surface area contributed by atoms with Crippen LogP contribution in [-0.2, 0) is 6.54 Å². The van der Waals surface area contributed by atoms with Crippen molar-refractivity contribution in [3.8, 4) is 11.5 Å². The number of carbonyl (C=O) groups excluding carboxylic acids is 1. The van der Waals surface area contributed by atoms with Crippen LogP contribution in [0.1, 0.15) is 16.1 Å². The summed E-state index contributed by atoms with van der Waals surface area (Å²) in [4.78, 5) is 12.4. The Morgan fingerprint density at radius 3 is 3.08 bits per heavy atom. The third-order valence-electron chi connectivity index (χ3n) is 3.97. The van der Waals surface area contributed by atoms with E-state index in [2.05, 4.69) is 15.0 Å². The number of para-hydroxylation sites is 1. The van der Waals surface area contributed by atoms with Crippen LogP contribution < -0.4 is 14.8 Å². The van der Waals surface area contributed by atoms with E-state index in [-0.39, 0.29) is 5.91 Å². The molecule has 1 N–H and O–H groups in total. The van der Waals surface area contributed by atoms with E-state index in [9.17, 15) is 4.79 Å². The number of imidazole rings is 1. The van der Waals surface area contributed by atoms with Crippen molar-refractivity contribution in [2.24, 2.45) is 0 Å². The lowest BCUT2D eigenvalue weighted by atomic mass is 10.1. The van der Waals surface area contributed by atoms with Gasteiger partial charge in [0.25, 0.3) is 5.91 Å². The summed E-state index contributed by atoms with van der Waals surface area (Å²) in [6.07, 6.45) is 3.86. The zero-order valence-electron chi connectivity index (χ0n) is 13.4. The first-order valence-corrected chi connectivity index (χ1v) is 7.90. The standard InChI is InChI=1S/C17H18N4O3/c1-12-11-15-20(7-8-21(15)19-12)6-5-18-17(22)13-3-2-4-14-16(13)24-10-9-23-14/h2-4,7-8,11H,5-6,9-10H2,1H3,(H,18,22). The molecular formula is C17H18N4O3. The van der Waals surface area contributed by atoms with Crippen molar-refractivity contribution in [3.63, 3.8) is 0 Å². The number of carbonyl (C=O) groups is 1. The molecule has 2 aromatic heterocycles. The lowest BCUT2D eigenvalue weighted by Gasteiger charge is -2.20. The van der Waals surface area contributed by atoms with Gasteiger partial charge in [0.15, 0.2) is 11.5 Å². The van der Waals surface area contributed by atoms with Crippen LogP contribution in [0, 0.1) is 6.92 Å². The highest BCUT2D eigenvalue weighted by Gasteiger charge is 2.20. The normalized spacial score (nSPS) is 13.2. The highest BCUT2D eigenvalue weighted by atomic mass is 16.6. The summed E-state index contributed by atoms with van der Waals surface area (Å²) in [5.74, 6) is 0.983. The number of ether oxygens (including phenoxy) is 2. The average Bonchev–Trinajstić information content (AvgIpc) is 3.14.